The lowest BCUT2D eigenvalue weighted by Gasteiger charge is -2.05. The fourth-order valence-electron chi connectivity index (χ4n) is 2.66. The fraction of sp³-hybridized carbons (Fsp3) is 0.944. The fourth-order valence-corrected chi connectivity index (χ4v) is 2.66. The van der Waals surface area contributed by atoms with Crippen LogP contribution in [0, 0.1) is 0 Å². The summed E-state index contributed by atoms with van der Waals surface area (Å²) in [6, 6.07) is 0. The SMILES string of the molecule is CCCCCCCCCC(CCCCCCCCO)=NO. The van der Waals surface area contributed by atoms with Gasteiger partial charge in [0.2, 0.25) is 0 Å². The van der Waals surface area contributed by atoms with E-state index < -0.39 is 0 Å². The Labute approximate surface area is 131 Å². The maximum Gasteiger partial charge on any atom is 0.0570 e. The Bertz CT molecular complexity index is 209. The summed E-state index contributed by atoms with van der Waals surface area (Å²) in [6.45, 7) is 2.57. The Hall–Kier alpha value is -0.570. The maximum absolute atomic E-state index is 9.03. The Kier molecular flexibility index (Phi) is 17.0. The topological polar surface area (TPSA) is 52.8 Å². The molecule has 0 spiro atoms. The molecule has 0 atom stereocenters. The third-order valence-electron chi connectivity index (χ3n) is 4.08. The lowest BCUT2D eigenvalue weighted by Crippen LogP contribution is -1.99. The van der Waals surface area contributed by atoms with Gasteiger partial charge in [0.15, 0.2) is 0 Å². The van der Waals surface area contributed by atoms with Gasteiger partial charge in [0, 0.05) is 6.61 Å². The Morgan fingerprint density at radius 3 is 1.52 bits per heavy atom. The zero-order chi connectivity index (χ0) is 15.6. The van der Waals surface area contributed by atoms with E-state index in [0.717, 1.165) is 37.8 Å². The third kappa shape index (κ3) is 15.6. The average Bonchev–Trinajstić information content (AvgIpc) is 2.51. The van der Waals surface area contributed by atoms with E-state index >= 15 is 0 Å². The molecule has 0 aliphatic heterocycles. The monoisotopic (exact) mass is 299 g/mol. The molecule has 0 rings (SSSR count). The summed E-state index contributed by atoms with van der Waals surface area (Å²) >= 11 is 0. The van der Waals surface area contributed by atoms with Crippen molar-refractivity contribution in [3.05, 3.63) is 0 Å². The second-order valence-electron chi connectivity index (χ2n) is 6.13. The van der Waals surface area contributed by atoms with Crippen LogP contribution in [-0.2, 0) is 0 Å². The molecule has 21 heavy (non-hydrogen) atoms. The number of hydrogen-bond acceptors (Lipinski definition) is 3. The van der Waals surface area contributed by atoms with Gasteiger partial charge in [0.25, 0.3) is 0 Å². The molecule has 0 saturated heterocycles. The quantitative estimate of drug-likeness (QED) is 0.167. The van der Waals surface area contributed by atoms with Crippen LogP contribution < -0.4 is 0 Å². The summed E-state index contributed by atoms with van der Waals surface area (Å²) in [4.78, 5) is 0. The highest BCUT2D eigenvalue weighted by molar-refractivity contribution is 5.83. The molecule has 126 valence electrons. The van der Waals surface area contributed by atoms with Crippen molar-refractivity contribution in [3.8, 4) is 0 Å². The average molecular weight is 299 g/mol. The molecule has 0 amide bonds. The number of hydrogen-bond donors (Lipinski definition) is 2. The molecule has 0 unspecified atom stereocenters. The van der Waals surface area contributed by atoms with Crippen molar-refractivity contribution < 1.29 is 10.3 Å². The van der Waals surface area contributed by atoms with Crippen LogP contribution in [0.25, 0.3) is 0 Å². The first-order valence-corrected chi connectivity index (χ1v) is 9.15. The van der Waals surface area contributed by atoms with E-state index in [4.69, 9.17) is 10.3 Å². The normalized spacial score (nSPS) is 12.0. The van der Waals surface area contributed by atoms with Gasteiger partial charge in [-0.1, -0.05) is 76.3 Å². The number of oxime groups is 1. The van der Waals surface area contributed by atoms with Crippen molar-refractivity contribution in [2.75, 3.05) is 6.61 Å². The Balaban J connectivity index is 3.34. The predicted molar refractivity (Wildman–Crippen MR) is 91.2 cm³/mol. The molecule has 0 aliphatic rings. The molecule has 3 heteroatoms. The third-order valence-corrected chi connectivity index (χ3v) is 4.08. The van der Waals surface area contributed by atoms with Crippen LogP contribution in [0.3, 0.4) is 0 Å². The summed E-state index contributed by atoms with van der Waals surface area (Å²) in [5, 5.41) is 21.2. The first-order chi connectivity index (χ1) is 10.3. The molecule has 0 aromatic carbocycles. The van der Waals surface area contributed by atoms with E-state index in [1.54, 1.807) is 0 Å². The summed E-state index contributed by atoms with van der Waals surface area (Å²) in [7, 11) is 0. The molecule has 0 fully saturated rings. The standard InChI is InChI=1S/C18H37NO2/c1-2-3-4-5-6-9-12-15-18(19-21)16-13-10-7-8-11-14-17-20/h20-21H,2-17H2,1H3. The van der Waals surface area contributed by atoms with Crippen molar-refractivity contribution in [3.63, 3.8) is 0 Å². The van der Waals surface area contributed by atoms with E-state index in [-0.39, 0.29) is 0 Å². The van der Waals surface area contributed by atoms with Gasteiger partial charge in [0.05, 0.1) is 5.71 Å². The number of unbranched alkanes of at least 4 members (excludes halogenated alkanes) is 11. The molecule has 0 bridgehead atoms. The van der Waals surface area contributed by atoms with E-state index in [2.05, 4.69) is 12.1 Å². The van der Waals surface area contributed by atoms with Crippen molar-refractivity contribution in [2.24, 2.45) is 5.16 Å². The van der Waals surface area contributed by atoms with Crippen molar-refractivity contribution in [1.29, 1.82) is 0 Å². The minimum Gasteiger partial charge on any atom is -0.411 e. The van der Waals surface area contributed by atoms with Crippen LogP contribution in [0.15, 0.2) is 5.16 Å². The molecule has 2 N–H and O–H groups in total. The van der Waals surface area contributed by atoms with Crippen LogP contribution in [0.2, 0.25) is 0 Å². The number of aliphatic hydroxyl groups is 1. The molecule has 0 saturated carbocycles. The summed E-state index contributed by atoms with van der Waals surface area (Å²) in [5.74, 6) is 0. The second kappa shape index (κ2) is 17.5. The Morgan fingerprint density at radius 1 is 0.667 bits per heavy atom. The van der Waals surface area contributed by atoms with Crippen molar-refractivity contribution in [1.82, 2.24) is 0 Å². The summed E-state index contributed by atoms with van der Waals surface area (Å²) in [5.41, 5.74) is 0.985. The highest BCUT2D eigenvalue weighted by Crippen LogP contribution is 2.12. The minimum absolute atomic E-state index is 0.319. The van der Waals surface area contributed by atoms with Gasteiger partial charge in [-0.05, 0) is 32.1 Å². The molecular formula is C18H37NO2. The van der Waals surface area contributed by atoms with Gasteiger partial charge < -0.3 is 10.3 Å². The zero-order valence-corrected chi connectivity index (χ0v) is 14.2. The minimum atomic E-state index is 0.319. The molecular weight excluding hydrogens is 262 g/mol. The molecule has 0 heterocycles. The summed E-state index contributed by atoms with van der Waals surface area (Å²) in [6.07, 6.45) is 17.9. The molecule has 0 aromatic rings. The highest BCUT2D eigenvalue weighted by Gasteiger charge is 2.01. The van der Waals surface area contributed by atoms with Gasteiger partial charge in [-0.3, -0.25) is 0 Å². The van der Waals surface area contributed by atoms with Crippen LogP contribution >= 0.6 is 0 Å². The van der Waals surface area contributed by atoms with Gasteiger partial charge in [0.1, 0.15) is 0 Å². The number of nitrogens with zero attached hydrogens (tertiary/aromatic N) is 1. The largest absolute Gasteiger partial charge is 0.411 e. The van der Waals surface area contributed by atoms with E-state index in [1.807, 2.05) is 0 Å². The maximum atomic E-state index is 9.03. The van der Waals surface area contributed by atoms with E-state index in [0.29, 0.717) is 6.61 Å². The second-order valence-corrected chi connectivity index (χ2v) is 6.13. The van der Waals surface area contributed by atoms with Gasteiger partial charge in [-0.15, -0.1) is 0 Å². The van der Waals surface area contributed by atoms with E-state index in [9.17, 15) is 0 Å². The van der Waals surface area contributed by atoms with Gasteiger partial charge in [-0.25, -0.2) is 0 Å². The lowest BCUT2D eigenvalue weighted by molar-refractivity contribution is 0.282. The van der Waals surface area contributed by atoms with Crippen molar-refractivity contribution >= 4 is 5.71 Å². The van der Waals surface area contributed by atoms with Crippen LogP contribution in [0.4, 0.5) is 0 Å². The number of aliphatic hydroxyl groups excluding tert-OH is 1. The molecule has 0 radical (unpaired) electrons. The van der Waals surface area contributed by atoms with Gasteiger partial charge in [-0.2, -0.15) is 0 Å². The van der Waals surface area contributed by atoms with Crippen LogP contribution in [0.1, 0.15) is 103 Å². The molecule has 0 aromatic heterocycles. The highest BCUT2D eigenvalue weighted by atomic mass is 16.4. The van der Waals surface area contributed by atoms with Gasteiger partial charge >= 0.3 is 0 Å². The summed E-state index contributed by atoms with van der Waals surface area (Å²) < 4.78 is 0. The zero-order valence-electron chi connectivity index (χ0n) is 14.2. The first-order valence-electron chi connectivity index (χ1n) is 9.15. The first kappa shape index (κ1) is 20.4. The lowest BCUT2D eigenvalue weighted by atomic mass is 10.0. The molecule has 0 aliphatic carbocycles. The van der Waals surface area contributed by atoms with E-state index in [1.165, 1.54) is 64.2 Å². The van der Waals surface area contributed by atoms with Crippen molar-refractivity contribution in [2.45, 2.75) is 103 Å². The number of rotatable bonds is 16. The smallest absolute Gasteiger partial charge is 0.0570 e. The van der Waals surface area contributed by atoms with Crippen LogP contribution in [-0.4, -0.2) is 22.6 Å². The van der Waals surface area contributed by atoms with Crippen LogP contribution in [0.5, 0.6) is 0 Å². The Morgan fingerprint density at radius 2 is 1.10 bits per heavy atom. The molecule has 3 nitrogen and oxygen atoms in total. The predicted octanol–water partition coefficient (Wildman–Crippen LogP) is 5.68.